The summed E-state index contributed by atoms with van der Waals surface area (Å²) in [5.41, 5.74) is 3.03. The van der Waals surface area contributed by atoms with Crippen LogP contribution in [0.4, 0.5) is 8.78 Å². The molecule has 0 spiro atoms. The van der Waals surface area contributed by atoms with Gasteiger partial charge in [0.25, 0.3) is 5.91 Å². The highest BCUT2D eigenvalue weighted by atomic mass is 32.1. The van der Waals surface area contributed by atoms with E-state index < -0.39 is 66.7 Å². The first-order valence-electron chi connectivity index (χ1n) is 15.2. The Balaban J connectivity index is 1.29. The number of ketones is 1. The number of nitrogens with zero attached hydrogens (tertiary/aromatic N) is 1. The van der Waals surface area contributed by atoms with E-state index in [2.05, 4.69) is 15.6 Å². The molecule has 5 rings (SSSR count). The Kier molecular flexibility index (Phi) is 10.8. The van der Waals surface area contributed by atoms with Gasteiger partial charge >= 0.3 is 5.97 Å². The van der Waals surface area contributed by atoms with Crippen LogP contribution in [0.2, 0.25) is 0 Å². The smallest absolute Gasteiger partial charge is 0.311 e. The largest absolute Gasteiger partial charge is 0.481 e. The first-order chi connectivity index (χ1) is 22.6. The van der Waals surface area contributed by atoms with Crippen LogP contribution in [0, 0.1) is 0 Å². The summed E-state index contributed by atoms with van der Waals surface area (Å²) in [6.45, 7) is 0.100. The highest BCUT2D eigenvalue weighted by molar-refractivity contribution is 7.08. The number of carbonyl (C=O) groups is 5. The summed E-state index contributed by atoms with van der Waals surface area (Å²) in [5.74, 6) is -6.57. The highest BCUT2D eigenvalue weighted by Crippen LogP contribution is 2.33. The van der Waals surface area contributed by atoms with Gasteiger partial charge in [-0.2, -0.15) is 11.3 Å². The number of alkyl halides is 2. The third-order valence-corrected chi connectivity index (χ3v) is 9.12. The van der Waals surface area contributed by atoms with Crippen LogP contribution in [-0.2, 0) is 30.4 Å². The molecule has 4 N–H and O–H groups in total. The Labute approximate surface area is 273 Å². The number of amides is 3. The number of carbonyl (C=O) groups excluding carboxylic acids is 4. The van der Waals surface area contributed by atoms with E-state index in [0.29, 0.717) is 12.0 Å². The Morgan fingerprint density at radius 3 is 2.47 bits per heavy atom. The van der Waals surface area contributed by atoms with Crippen molar-refractivity contribution in [1.82, 2.24) is 20.5 Å². The number of carboxylic acid groups (broad SMARTS) is 1. The molecule has 246 valence electrons. The molecule has 2 aromatic carbocycles. The van der Waals surface area contributed by atoms with Crippen molar-refractivity contribution < 1.29 is 37.9 Å². The van der Waals surface area contributed by atoms with Gasteiger partial charge in [0, 0.05) is 48.9 Å². The number of likely N-dealkylation sites (tertiary alicyclic amines) is 1. The van der Waals surface area contributed by atoms with Crippen molar-refractivity contribution in [3.05, 3.63) is 94.3 Å². The predicted molar refractivity (Wildman–Crippen MR) is 171 cm³/mol. The zero-order valence-corrected chi connectivity index (χ0v) is 26.1. The lowest BCUT2D eigenvalue weighted by Crippen LogP contribution is -2.54. The van der Waals surface area contributed by atoms with E-state index in [1.54, 1.807) is 35.0 Å². The van der Waals surface area contributed by atoms with E-state index in [9.17, 15) is 37.9 Å². The van der Waals surface area contributed by atoms with Crippen molar-refractivity contribution in [2.24, 2.45) is 0 Å². The van der Waals surface area contributed by atoms with E-state index in [1.165, 1.54) is 11.3 Å². The fraction of sp³-hybridized carbons (Fsp3) is 0.324. The monoisotopic (exact) mass is 664 g/mol. The molecule has 0 radical (unpaired) electrons. The lowest BCUT2D eigenvalue weighted by atomic mass is 9.95. The molecular weight excluding hydrogens is 630 g/mol. The number of nitrogens with one attached hydrogen (secondary N) is 3. The molecule has 3 amide bonds. The number of hydrogen-bond acceptors (Lipinski definition) is 6. The maximum absolute atomic E-state index is 13.6. The molecule has 13 heteroatoms. The number of hydrogen-bond donors (Lipinski definition) is 4. The Bertz CT molecular complexity index is 1730. The molecule has 10 nitrogen and oxygen atoms in total. The Hall–Kier alpha value is -4.91. The maximum atomic E-state index is 13.6. The fourth-order valence-corrected chi connectivity index (χ4v) is 6.70. The number of carboxylic acids is 1. The molecule has 4 aromatic rings. The fourth-order valence-electron chi connectivity index (χ4n) is 5.99. The third-order valence-electron chi connectivity index (χ3n) is 8.42. The molecule has 47 heavy (non-hydrogen) atoms. The van der Waals surface area contributed by atoms with Crippen LogP contribution in [0.3, 0.4) is 0 Å². The lowest BCUT2D eigenvalue weighted by molar-refractivity contribution is -0.149. The number of halogens is 2. The number of aromatic nitrogens is 1. The van der Waals surface area contributed by atoms with Crippen LogP contribution in [0.1, 0.15) is 47.8 Å². The van der Waals surface area contributed by atoms with Crippen molar-refractivity contribution in [1.29, 1.82) is 0 Å². The molecule has 1 aliphatic heterocycles. The van der Waals surface area contributed by atoms with Crippen molar-refractivity contribution >= 4 is 51.7 Å². The number of fused-ring (bicyclic) bond motifs is 1. The van der Waals surface area contributed by atoms with E-state index in [4.69, 9.17) is 0 Å². The summed E-state index contributed by atoms with van der Waals surface area (Å²) in [7, 11) is 0. The zero-order valence-electron chi connectivity index (χ0n) is 25.2. The minimum Gasteiger partial charge on any atom is -0.481 e. The molecule has 1 saturated heterocycles. The maximum Gasteiger partial charge on any atom is 0.311 e. The summed E-state index contributed by atoms with van der Waals surface area (Å²) in [4.78, 5) is 69.5. The van der Waals surface area contributed by atoms with Crippen LogP contribution in [0.25, 0.3) is 10.9 Å². The second kappa shape index (κ2) is 15.1. The van der Waals surface area contributed by atoms with Crippen LogP contribution in [-0.4, -0.2) is 76.1 Å². The van der Waals surface area contributed by atoms with Crippen molar-refractivity contribution in [3.8, 4) is 0 Å². The van der Waals surface area contributed by atoms with Gasteiger partial charge in [-0.25, -0.2) is 8.78 Å². The second-order valence-electron chi connectivity index (χ2n) is 11.5. The van der Waals surface area contributed by atoms with Gasteiger partial charge in [-0.15, -0.1) is 0 Å². The molecule has 0 aliphatic carbocycles. The first kappa shape index (κ1) is 33.5. The number of Topliss-reactive ketones (excluding diaryl/α,β-unsaturated/α-hetero) is 1. The lowest BCUT2D eigenvalue weighted by Gasteiger charge is -2.26. The zero-order chi connectivity index (χ0) is 33.5. The molecule has 4 atom stereocenters. The molecule has 3 heterocycles. The number of aromatic amines is 1. The highest BCUT2D eigenvalue weighted by Gasteiger charge is 2.43. The summed E-state index contributed by atoms with van der Waals surface area (Å²) in [6, 6.07) is 15.3. The minimum atomic E-state index is -2.91. The number of rotatable bonds is 14. The standard InChI is InChI=1S/C34H34F2N4O6S/c35-30(36)16-27(31(42)37-12-10-21-17-38-26-9-5-4-8-24(21)26)39-32(43)28-14-23(20-6-2-1-3-7-20)18-40(28)33(44)29(41)15-25(34(45)46)22-11-13-47-19-22/h1-9,11,13,17,19,23,25,27-28,30,38H,10,12,14-16,18H2,(H,37,42)(H,39,43)(H,45,46)/t23-,25?,27+,28?/m1/s1. The van der Waals surface area contributed by atoms with Crippen molar-refractivity contribution in [2.75, 3.05) is 13.1 Å². The molecule has 0 saturated carbocycles. The molecule has 1 aliphatic rings. The number of benzene rings is 2. The average Bonchev–Trinajstić information content (AvgIpc) is 3.84. The van der Waals surface area contributed by atoms with Gasteiger partial charge in [-0.3, -0.25) is 24.0 Å². The summed E-state index contributed by atoms with van der Waals surface area (Å²) in [6.07, 6.45) is -2.17. The van der Waals surface area contributed by atoms with Gasteiger partial charge in [-0.1, -0.05) is 48.5 Å². The number of H-pyrrole nitrogens is 1. The molecular formula is C34H34F2N4O6S. The quantitative estimate of drug-likeness (QED) is 0.148. The van der Waals surface area contributed by atoms with Crippen LogP contribution >= 0.6 is 11.3 Å². The summed E-state index contributed by atoms with van der Waals surface area (Å²) < 4.78 is 27.2. The van der Waals surface area contributed by atoms with Gasteiger partial charge in [0.2, 0.25) is 24.0 Å². The van der Waals surface area contributed by atoms with E-state index in [0.717, 1.165) is 26.9 Å². The topological polar surface area (TPSA) is 149 Å². The number of thiophene rings is 1. The first-order valence-corrected chi connectivity index (χ1v) is 16.1. The average molecular weight is 665 g/mol. The number of para-hydroxylation sites is 1. The third kappa shape index (κ3) is 8.09. The number of aliphatic carboxylic acids is 1. The van der Waals surface area contributed by atoms with Crippen LogP contribution in [0.5, 0.6) is 0 Å². The van der Waals surface area contributed by atoms with Gasteiger partial charge in [0.15, 0.2) is 0 Å². The predicted octanol–water partition coefficient (Wildman–Crippen LogP) is 4.24. The SMILES string of the molecule is O=C(CC(C(=O)O)c1ccsc1)C(=O)N1C[C@H](c2ccccc2)CC1C(=O)N[C@@H](CC(F)F)C(=O)NCCc1c[nH]c2ccccc12. The normalized spacial score (nSPS) is 17.4. The Morgan fingerprint density at radius 1 is 1.02 bits per heavy atom. The van der Waals surface area contributed by atoms with Crippen LogP contribution in [0.15, 0.2) is 77.6 Å². The van der Waals surface area contributed by atoms with Gasteiger partial charge in [0.1, 0.15) is 12.1 Å². The molecule has 2 aromatic heterocycles. The van der Waals surface area contributed by atoms with Gasteiger partial charge in [-0.05, 0) is 52.4 Å². The van der Waals surface area contributed by atoms with Crippen LogP contribution < -0.4 is 10.6 Å². The minimum absolute atomic E-state index is 0.0286. The van der Waals surface area contributed by atoms with Crippen molar-refractivity contribution in [2.45, 2.75) is 56.0 Å². The molecule has 0 bridgehead atoms. The van der Waals surface area contributed by atoms with Gasteiger partial charge < -0.3 is 25.6 Å². The summed E-state index contributed by atoms with van der Waals surface area (Å²) >= 11 is 1.25. The Morgan fingerprint density at radius 2 is 1.77 bits per heavy atom. The summed E-state index contributed by atoms with van der Waals surface area (Å²) in [5, 5.41) is 19.0. The van der Waals surface area contributed by atoms with E-state index in [-0.39, 0.29) is 25.4 Å². The van der Waals surface area contributed by atoms with E-state index >= 15 is 0 Å². The van der Waals surface area contributed by atoms with Gasteiger partial charge in [0.05, 0.1) is 5.92 Å². The van der Waals surface area contributed by atoms with Crippen molar-refractivity contribution in [3.63, 3.8) is 0 Å². The molecule has 2 unspecified atom stereocenters. The van der Waals surface area contributed by atoms with E-state index in [1.807, 2.05) is 42.6 Å². The molecule has 1 fully saturated rings. The second-order valence-corrected chi connectivity index (χ2v) is 12.3.